The van der Waals surface area contributed by atoms with Gasteiger partial charge in [0.15, 0.2) is 5.16 Å². The maximum Gasteiger partial charge on any atom is 0.191 e. The van der Waals surface area contributed by atoms with Crippen molar-refractivity contribution in [2.45, 2.75) is 31.5 Å². The van der Waals surface area contributed by atoms with E-state index in [0.29, 0.717) is 6.54 Å². The van der Waals surface area contributed by atoms with Gasteiger partial charge in [-0.1, -0.05) is 23.9 Å². The van der Waals surface area contributed by atoms with Crippen LogP contribution in [0.25, 0.3) is 0 Å². The Bertz CT molecular complexity index is 626. The van der Waals surface area contributed by atoms with E-state index >= 15 is 0 Å². The lowest BCUT2D eigenvalue weighted by molar-refractivity contribution is 0.357. The molecule has 0 saturated carbocycles. The molecule has 5 nitrogen and oxygen atoms in total. The molecule has 0 aliphatic carbocycles. The molecule has 6 heteroatoms. The Kier molecular flexibility index (Phi) is 4.45. The molecule has 1 aliphatic heterocycles. The van der Waals surface area contributed by atoms with E-state index < -0.39 is 0 Å². The summed E-state index contributed by atoms with van der Waals surface area (Å²) in [5, 5.41) is 9.31. The van der Waals surface area contributed by atoms with Crippen molar-refractivity contribution < 1.29 is 4.74 Å². The molecular weight excluding hydrogens is 284 g/mol. The molecule has 2 N–H and O–H groups in total. The molecule has 0 bridgehead atoms. The summed E-state index contributed by atoms with van der Waals surface area (Å²) >= 11 is 1.74. The second-order valence-corrected chi connectivity index (χ2v) is 6.17. The smallest absolute Gasteiger partial charge is 0.191 e. The zero-order chi connectivity index (χ0) is 14.7. The van der Waals surface area contributed by atoms with Crippen molar-refractivity contribution >= 4 is 11.8 Å². The van der Waals surface area contributed by atoms with Gasteiger partial charge in [0.25, 0.3) is 0 Å². The summed E-state index contributed by atoms with van der Waals surface area (Å²) in [5.41, 5.74) is 8.32. The van der Waals surface area contributed by atoms with Gasteiger partial charge in [-0.25, -0.2) is 0 Å². The fourth-order valence-corrected chi connectivity index (χ4v) is 3.51. The first-order valence-corrected chi connectivity index (χ1v) is 8.24. The van der Waals surface area contributed by atoms with Crippen molar-refractivity contribution in [2.75, 3.05) is 18.9 Å². The van der Waals surface area contributed by atoms with Crippen LogP contribution in [0.2, 0.25) is 0 Å². The largest absolute Gasteiger partial charge is 0.493 e. The molecular formula is C15H20N4OS. The van der Waals surface area contributed by atoms with Gasteiger partial charge in [-0.15, -0.1) is 10.2 Å². The minimum absolute atomic E-state index is 0.608. The maximum absolute atomic E-state index is 5.63. The van der Waals surface area contributed by atoms with E-state index in [0.717, 1.165) is 48.5 Å². The summed E-state index contributed by atoms with van der Waals surface area (Å²) in [6, 6.07) is 6.50. The van der Waals surface area contributed by atoms with Gasteiger partial charge in [-0.3, -0.25) is 0 Å². The number of aromatic nitrogens is 3. The first-order chi connectivity index (χ1) is 10.3. The lowest BCUT2D eigenvalue weighted by atomic mass is 10.1. The van der Waals surface area contributed by atoms with Crippen molar-refractivity contribution in [1.82, 2.24) is 14.8 Å². The molecule has 1 aromatic carbocycles. The van der Waals surface area contributed by atoms with Crippen LogP contribution in [0, 0.1) is 6.92 Å². The molecule has 3 rings (SSSR count). The van der Waals surface area contributed by atoms with Gasteiger partial charge in [0.1, 0.15) is 11.6 Å². The molecule has 0 unspecified atom stereocenters. The number of nitrogens with two attached hydrogens (primary N) is 1. The summed E-state index contributed by atoms with van der Waals surface area (Å²) in [6.07, 6.45) is 2.05. The van der Waals surface area contributed by atoms with Crippen LogP contribution in [0.4, 0.5) is 0 Å². The number of thioether (sulfide) groups is 1. The monoisotopic (exact) mass is 304 g/mol. The molecule has 0 fully saturated rings. The fraction of sp³-hybridized carbons (Fsp3) is 0.467. The Hall–Kier alpha value is -1.53. The van der Waals surface area contributed by atoms with Crippen LogP contribution in [-0.2, 0) is 19.4 Å². The lowest BCUT2D eigenvalue weighted by Crippen LogP contribution is -2.12. The Balaban J connectivity index is 1.59. The average Bonchev–Trinajstić information content (AvgIpc) is 3.08. The van der Waals surface area contributed by atoms with Crippen molar-refractivity contribution in [3.8, 4) is 5.75 Å². The van der Waals surface area contributed by atoms with Gasteiger partial charge >= 0.3 is 0 Å². The van der Waals surface area contributed by atoms with E-state index in [2.05, 4.69) is 33.0 Å². The third kappa shape index (κ3) is 3.22. The van der Waals surface area contributed by atoms with E-state index in [1.165, 1.54) is 11.1 Å². The van der Waals surface area contributed by atoms with Crippen molar-refractivity contribution in [3.63, 3.8) is 0 Å². The van der Waals surface area contributed by atoms with E-state index in [1.807, 2.05) is 6.92 Å². The van der Waals surface area contributed by atoms with Crippen molar-refractivity contribution in [2.24, 2.45) is 5.73 Å². The Morgan fingerprint density at radius 3 is 3.14 bits per heavy atom. The van der Waals surface area contributed by atoms with Gasteiger partial charge in [0.05, 0.1) is 6.61 Å². The zero-order valence-corrected chi connectivity index (χ0v) is 13.0. The standard InChI is InChI=1S/C15H20N4OS/c1-11-17-18-15(19(11)7-6-16)21-9-5-12-2-3-14-13(10-12)4-8-20-14/h2-3,10H,4-9,16H2,1H3. The van der Waals surface area contributed by atoms with Gasteiger partial charge in [-0.05, 0) is 30.5 Å². The minimum Gasteiger partial charge on any atom is -0.493 e. The van der Waals surface area contributed by atoms with Crippen LogP contribution in [0.3, 0.4) is 0 Å². The number of nitrogens with zero attached hydrogens (tertiary/aromatic N) is 3. The summed E-state index contributed by atoms with van der Waals surface area (Å²) < 4.78 is 7.62. The van der Waals surface area contributed by atoms with Gasteiger partial charge < -0.3 is 15.0 Å². The van der Waals surface area contributed by atoms with Crippen LogP contribution in [0.15, 0.2) is 23.4 Å². The van der Waals surface area contributed by atoms with E-state index in [9.17, 15) is 0 Å². The topological polar surface area (TPSA) is 66.0 Å². The number of benzene rings is 1. The van der Waals surface area contributed by atoms with Crippen LogP contribution >= 0.6 is 11.8 Å². The SMILES string of the molecule is Cc1nnc(SCCc2ccc3c(c2)CCO3)n1CCN. The van der Waals surface area contributed by atoms with E-state index in [4.69, 9.17) is 10.5 Å². The molecule has 0 spiro atoms. The highest BCUT2D eigenvalue weighted by Crippen LogP contribution is 2.27. The molecule has 2 heterocycles. The van der Waals surface area contributed by atoms with E-state index in [1.54, 1.807) is 11.8 Å². The summed E-state index contributed by atoms with van der Waals surface area (Å²) in [5.74, 6) is 2.96. The molecule has 0 saturated heterocycles. The number of hydrogen-bond donors (Lipinski definition) is 1. The van der Waals surface area contributed by atoms with Crippen molar-refractivity contribution in [3.05, 3.63) is 35.2 Å². The van der Waals surface area contributed by atoms with Crippen LogP contribution < -0.4 is 10.5 Å². The fourth-order valence-electron chi connectivity index (χ4n) is 2.51. The molecule has 21 heavy (non-hydrogen) atoms. The molecule has 0 amide bonds. The first-order valence-electron chi connectivity index (χ1n) is 7.25. The molecule has 0 atom stereocenters. The molecule has 2 aromatic rings. The predicted octanol–water partition coefficient (Wildman–Crippen LogP) is 1.81. The molecule has 112 valence electrons. The second kappa shape index (κ2) is 6.49. The van der Waals surface area contributed by atoms with Crippen molar-refractivity contribution in [1.29, 1.82) is 0 Å². The van der Waals surface area contributed by atoms with Gasteiger partial charge in [0.2, 0.25) is 0 Å². The third-order valence-electron chi connectivity index (χ3n) is 3.63. The third-order valence-corrected chi connectivity index (χ3v) is 4.60. The Labute approximate surface area is 128 Å². The highest BCUT2D eigenvalue weighted by molar-refractivity contribution is 7.99. The molecule has 0 radical (unpaired) electrons. The first kappa shape index (κ1) is 14.4. The van der Waals surface area contributed by atoms with Crippen LogP contribution in [0.5, 0.6) is 5.75 Å². The van der Waals surface area contributed by atoms with Gasteiger partial charge in [0, 0.05) is 25.3 Å². The Morgan fingerprint density at radius 1 is 1.38 bits per heavy atom. The number of aryl methyl sites for hydroxylation is 2. The number of ether oxygens (including phenoxy) is 1. The summed E-state index contributed by atoms with van der Waals surface area (Å²) in [6.45, 7) is 4.16. The highest BCUT2D eigenvalue weighted by Gasteiger charge is 2.12. The quantitative estimate of drug-likeness (QED) is 0.825. The summed E-state index contributed by atoms with van der Waals surface area (Å²) in [4.78, 5) is 0. The number of fused-ring (bicyclic) bond motifs is 1. The Morgan fingerprint density at radius 2 is 2.29 bits per heavy atom. The maximum atomic E-state index is 5.63. The van der Waals surface area contributed by atoms with E-state index in [-0.39, 0.29) is 0 Å². The average molecular weight is 304 g/mol. The number of rotatable bonds is 6. The lowest BCUT2D eigenvalue weighted by Gasteiger charge is -2.07. The van der Waals surface area contributed by atoms with Crippen LogP contribution in [-0.4, -0.2) is 33.7 Å². The zero-order valence-electron chi connectivity index (χ0n) is 12.2. The van der Waals surface area contributed by atoms with Crippen LogP contribution in [0.1, 0.15) is 17.0 Å². The number of hydrogen-bond acceptors (Lipinski definition) is 5. The predicted molar refractivity (Wildman–Crippen MR) is 83.9 cm³/mol. The van der Waals surface area contributed by atoms with Gasteiger partial charge in [-0.2, -0.15) is 0 Å². The highest BCUT2D eigenvalue weighted by atomic mass is 32.2. The molecule has 1 aliphatic rings. The second-order valence-electron chi connectivity index (χ2n) is 5.11. The minimum atomic E-state index is 0.608. The normalized spacial score (nSPS) is 13.2. The molecule has 1 aromatic heterocycles. The summed E-state index contributed by atoms with van der Waals surface area (Å²) in [7, 11) is 0.